The van der Waals surface area contributed by atoms with Gasteiger partial charge in [-0.3, -0.25) is 4.79 Å². The van der Waals surface area contributed by atoms with Crippen molar-refractivity contribution >= 4 is 17.8 Å². The molecule has 1 aliphatic heterocycles. The number of anilines is 1. The molecule has 1 atom stereocenters. The molecule has 10 heteroatoms. The number of methoxy groups -OCH3 is 1. The summed E-state index contributed by atoms with van der Waals surface area (Å²) in [4.78, 5) is 32.0. The van der Waals surface area contributed by atoms with E-state index in [1.165, 1.54) is 13.2 Å². The molecule has 0 aromatic carbocycles. The first-order valence-electron chi connectivity index (χ1n) is 9.53. The number of nitrogens with zero attached hydrogens (tertiary/aromatic N) is 3. The second kappa shape index (κ2) is 9.80. The lowest BCUT2D eigenvalue weighted by Gasteiger charge is -2.27. The van der Waals surface area contributed by atoms with Gasteiger partial charge in [-0.1, -0.05) is 13.8 Å². The topological polar surface area (TPSA) is 74.8 Å². The standard InChI is InChI=1S/C19H27F3N4O3/c1-13(2)11-15(24-18(28)29-3)17(27)26-8-4-7-25(9-10-26)16-6-5-14(12-23-16)19(20,21)22/h5-6,12-13,15H,4,7-11H2,1-3H3,(H,24,28). The van der Waals surface area contributed by atoms with Gasteiger partial charge in [0.1, 0.15) is 11.9 Å². The predicted octanol–water partition coefficient (Wildman–Crippen LogP) is 2.91. The summed E-state index contributed by atoms with van der Waals surface area (Å²) in [6.07, 6.45) is -3.14. The molecule has 29 heavy (non-hydrogen) atoms. The van der Waals surface area contributed by atoms with Crippen molar-refractivity contribution in [1.82, 2.24) is 15.2 Å². The van der Waals surface area contributed by atoms with Gasteiger partial charge in [-0.15, -0.1) is 0 Å². The minimum absolute atomic E-state index is 0.189. The summed E-state index contributed by atoms with van der Waals surface area (Å²) in [6, 6.07) is 1.67. The van der Waals surface area contributed by atoms with Crippen molar-refractivity contribution in [2.45, 2.75) is 38.9 Å². The first-order valence-corrected chi connectivity index (χ1v) is 9.53. The number of halogens is 3. The van der Waals surface area contributed by atoms with Crippen molar-refractivity contribution in [2.24, 2.45) is 5.92 Å². The molecular formula is C19H27F3N4O3. The Balaban J connectivity index is 2.03. The molecule has 1 fully saturated rings. The van der Waals surface area contributed by atoms with Crippen LogP contribution in [-0.2, 0) is 15.7 Å². The molecule has 2 amide bonds. The third kappa shape index (κ3) is 6.50. The van der Waals surface area contributed by atoms with E-state index in [4.69, 9.17) is 0 Å². The SMILES string of the molecule is COC(=O)NC(CC(C)C)C(=O)N1CCCN(c2ccc(C(F)(F)F)cn2)CC1. The van der Waals surface area contributed by atoms with E-state index >= 15 is 0 Å². The molecule has 2 heterocycles. The van der Waals surface area contributed by atoms with Crippen LogP contribution >= 0.6 is 0 Å². The first kappa shape index (κ1) is 22.8. The number of pyridine rings is 1. The van der Waals surface area contributed by atoms with Crippen LogP contribution in [0.2, 0.25) is 0 Å². The summed E-state index contributed by atoms with van der Waals surface area (Å²) in [6.45, 7) is 5.81. The summed E-state index contributed by atoms with van der Waals surface area (Å²) >= 11 is 0. The van der Waals surface area contributed by atoms with Crippen molar-refractivity contribution in [3.05, 3.63) is 23.9 Å². The number of rotatable bonds is 5. The number of ether oxygens (including phenoxy) is 1. The highest BCUT2D eigenvalue weighted by molar-refractivity contribution is 5.85. The molecule has 7 nitrogen and oxygen atoms in total. The largest absolute Gasteiger partial charge is 0.453 e. The van der Waals surface area contributed by atoms with Crippen LogP contribution in [0.4, 0.5) is 23.8 Å². The number of alkyl halides is 3. The van der Waals surface area contributed by atoms with Gasteiger partial charge in [-0.05, 0) is 30.9 Å². The van der Waals surface area contributed by atoms with Crippen LogP contribution < -0.4 is 10.2 Å². The molecule has 1 unspecified atom stereocenters. The molecule has 0 radical (unpaired) electrons. The molecule has 2 rings (SSSR count). The Morgan fingerprint density at radius 3 is 2.48 bits per heavy atom. The number of carbonyl (C=O) groups excluding carboxylic acids is 2. The Morgan fingerprint density at radius 1 is 1.21 bits per heavy atom. The zero-order chi connectivity index (χ0) is 21.6. The molecular weight excluding hydrogens is 389 g/mol. The summed E-state index contributed by atoms with van der Waals surface area (Å²) in [5, 5.41) is 2.59. The van der Waals surface area contributed by atoms with E-state index in [1.807, 2.05) is 18.7 Å². The lowest BCUT2D eigenvalue weighted by molar-refractivity contribution is -0.138. The van der Waals surface area contributed by atoms with Crippen molar-refractivity contribution < 1.29 is 27.5 Å². The van der Waals surface area contributed by atoms with Gasteiger partial charge < -0.3 is 19.9 Å². The molecule has 162 valence electrons. The van der Waals surface area contributed by atoms with E-state index in [0.29, 0.717) is 44.8 Å². The van der Waals surface area contributed by atoms with Gasteiger partial charge in [0.15, 0.2) is 0 Å². The fourth-order valence-corrected chi connectivity index (χ4v) is 3.22. The molecule has 1 saturated heterocycles. The van der Waals surface area contributed by atoms with Gasteiger partial charge >= 0.3 is 12.3 Å². The fourth-order valence-electron chi connectivity index (χ4n) is 3.22. The zero-order valence-electron chi connectivity index (χ0n) is 16.8. The first-order chi connectivity index (χ1) is 13.6. The smallest absolute Gasteiger partial charge is 0.417 e. The fraction of sp³-hybridized carbons (Fsp3) is 0.632. The van der Waals surface area contributed by atoms with Crippen molar-refractivity contribution in [3.63, 3.8) is 0 Å². The lowest BCUT2D eigenvalue weighted by Crippen LogP contribution is -2.50. The molecule has 1 aliphatic rings. The highest BCUT2D eigenvalue weighted by atomic mass is 19.4. The average molecular weight is 416 g/mol. The van der Waals surface area contributed by atoms with Gasteiger partial charge in [0, 0.05) is 32.4 Å². The summed E-state index contributed by atoms with van der Waals surface area (Å²) in [5.74, 6) is 0.450. The van der Waals surface area contributed by atoms with E-state index in [9.17, 15) is 22.8 Å². The molecule has 0 spiro atoms. The Hall–Kier alpha value is -2.52. The Bertz CT molecular complexity index is 695. The third-order valence-electron chi connectivity index (χ3n) is 4.69. The highest BCUT2D eigenvalue weighted by Crippen LogP contribution is 2.29. The highest BCUT2D eigenvalue weighted by Gasteiger charge is 2.31. The van der Waals surface area contributed by atoms with E-state index in [-0.39, 0.29) is 11.8 Å². The van der Waals surface area contributed by atoms with Crippen LogP contribution in [0.3, 0.4) is 0 Å². The number of amides is 2. The van der Waals surface area contributed by atoms with Crippen LogP contribution in [0.1, 0.15) is 32.3 Å². The van der Waals surface area contributed by atoms with Gasteiger partial charge in [0.05, 0.1) is 12.7 Å². The van der Waals surface area contributed by atoms with Gasteiger partial charge in [-0.25, -0.2) is 9.78 Å². The van der Waals surface area contributed by atoms with Gasteiger partial charge in [-0.2, -0.15) is 13.2 Å². The number of hydrogen-bond acceptors (Lipinski definition) is 5. The van der Waals surface area contributed by atoms with Crippen LogP contribution in [0.15, 0.2) is 18.3 Å². The molecule has 0 bridgehead atoms. The van der Waals surface area contributed by atoms with Crippen molar-refractivity contribution in [2.75, 3.05) is 38.2 Å². The molecule has 1 aromatic rings. The second-order valence-electron chi connectivity index (χ2n) is 7.39. The Kier molecular flexibility index (Phi) is 7.69. The number of alkyl carbamates (subject to hydrolysis) is 1. The van der Waals surface area contributed by atoms with Crippen LogP contribution in [0.25, 0.3) is 0 Å². The molecule has 0 aliphatic carbocycles. The number of aromatic nitrogens is 1. The maximum atomic E-state index is 12.9. The maximum Gasteiger partial charge on any atom is 0.417 e. The lowest BCUT2D eigenvalue weighted by atomic mass is 10.0. The van der Waals surface area contributed by atoms with Gasteiger partial charge in [0.2, 0.25) is 5.91 Å². The summed E-state index contributed by atoms with van der Waals surface area (Å²) in [7, 11) is 1.24. The third-order valence-corrected chi connectivity index (χ3v) is 4.69. The molecule has 1 N–H and O–H groups in total. The number of nitrogens with one attached hydrogen (secondary N) is 1. The zero-order valence-corrected chi connectivity index (χ0v) is 16.8. The van der Waals surface area contributed by atoms with Gasteiger partial charge in [0.25, 0.3) is 0 Å². The van der Waals surface area contributed by atoms with E-state index in [1.54, 1.807) is 4.90 Å². The quantitative estimate of drug-likeness (QED) is 0.799. The van der Waals surface area contributed by atoms with Crippen LogP contribution in [-0.4, -0.2) is 61.2 Å². The van der Waals surface area contributed by atoms with Crippen LogP contribution in [0.5, 0.6) is 0 Å². The van der Waals surface area contributed by atoms with Crippen molar-refractivity contribution in [1.29, 1.82) is 0 Å². The minimum Gasteiger partial charge on any atom is -0.453 e. The average Bonchev–Trinajstić information content (AvgIpc) is 2.92. The Labute approximate surface area is 168 Å². The van der Waals surface area contributed by atoms with Crippen LogP contribution in [0, 0.1) is 5.92 Å². The number of hydrogen-bond donors (Lipinski definition) is 1. The summed E-state index contributed by atoms with van der Waals surface area (Å²) in [5.41, 5.74) is -0.793. The normalized spacial score (nSPS) is 16.4. The maximum absolute atomic E-state index is 12.9. The predicted molar refractivity (Wildman–Crippen MR) is 101 cm³/mol. The van der Waals surface area contributed by atoms with E-state index in [0.717, 1.165) is 12.3 Å². The molecule has 1 aromatic heterocycles. The Morgan fingerprint density at radius 2 is 1.93 bits per heavy atom. The number of carbonyl (C=O) groups is 2. The van der Waals surface area contributed by atoms with E-state index in [2.05, 4.69) is 15.0 Å². The minimum atomic E-state index is -4.42. The van der Waals surface area contributed by atoms with E-state index < -0.39 is 23.9 Å². The van der Waals surface area contributed by atoms with Crippen molar-refractivity contribution in [3.8, 4) is 0 Å². The molecule has 0 saturated carbocycles. The summed E-state index contributed by atoms with van der Waals surface area (Å²) < 4.78 is 42.8. The second-order valence-corrected chi connectivity index (χ2v) is 7.39. The monoisotopic (exact) mass is 416 g/mol.